The Morgan fingerprint density at radius 2 is 2.18 bits per heavy atom. The van der Waals surface area contributed by atoms with Crippen molar-refractivity contribution < 1.29 is 19.4 Å². The molecule has 0 saturated heterocycles. The first-order valence-corrected chi connectivity index (χ1v) is 7.21. The van der Waals surface area contributed by atoms with Gasteiger partial charge in [-0.15, -0.1) is 0 Å². The monoisotopic (exact) mass is 322 g/mol. The standard InChI is InChI=1S/C15H18N2O4S/c1-4-21-14(19)11-8(2)16-15(22)17-12(11)9-6-5-7-10(20-3)13(9)18/h5-7,12,18H,4H2,1-3H3,(H2,16,17,22)/t12-/m1/s1. The van der Waals surface area contributed by atoms with Crippen molar-refractivity contribution >= 4 is 23.3 Å². The molecule has 2 rings (SSSR count). The largest absolute Gasteiger partial charge is 0.504 e. The van der Waals surface area contributed by atoms with E-state index >= 15 is 0 Å². The smallest absolute Gasteiger partial charge is 0.338 e. The van der Waals surface area contributed by atoms with Crippen LogP contribution in [0.4, 0.5) is 0 Å². The van der Waals surface area contributed by atoms with Gasteiger partial charge in [-0.25, -0.2) is 4.79 Å². The number of methoxy groups -OCH3 is 1. The number of rotatable bonds is 4. The van der Waals surface area contributed by atoms with Crippen molar-refractivity contribution in [1.29, 1.82) is 0 Å². The zero-order valence-electron chi connectivity index (χ0n) is 12.6. The van der Waals surface area contributed by atoms with Gasteiger partial charge in [-0.2, -0.15) is 0 Å². The molecule has 1 aliphatic rings. The second kappa shape index (κ2) is 6.65. The van der Waals surface area contributed by atoms with Gasteiger partial charge in [-0.1, -0.05) is 12.1 Å². The minimum absolute atomic E-state index is 0.0400. The van der Waals surface area contributed by atoms with E-state index in [1.165, 1.54) is 7.11 Å². The Hall–Kier alpha value is -2.28. The van der Waals surface area contributed by atoms with Crippen molar-refractivity contribution in [3.8, 4) is 11.5 Å². The van der Waals surface area contributed by atoms with Gasteiger partial charge in [-0.05, 0) is 32.1 Å². The van der Waals surface area contributed by atoms with Gasteiger partial charge in [0.1, 0.15) is 0 Å². The van der Waals surface area contributed by atoms with Gasteiger partial charge in [0.05, 0.1) is 25.3 Å². The lowest BCUT2D eigenvalue weighted by atomic mass is 9.94. The van der Waals surface area contributed by atoms with Crippen LogP contribution < -0.4 is 15.4 Å². The number of hydrogen-bond acceptors (Lipinski definition) is 5. The number of nitrogens with one attached hydrogen (secondary N) is 2. The lowest BCUT2D eigenvalue weighted by molar-refractivity contribution is -0.139. The minimum atomic E-state index is -0.608. The van der Waals surface area contributed by atoms with Crippen molar-refractivity contribution in [2.45, 2.75) is 19.9 Å². The number of para-hydroxylation sites is 1. The Balaban J connectivity index is 2.53. The predicted molar refractivity (Wildman–Crippen MR) is 85.6 cm³/mol. The molecule has 0 fully saturated rings. The Bertz CT molecular complexity index is 642. The Morgan fingerprint density at radius 3 is 2.82 bits per heavy atom. The number of phenols is 1. The highest BCUT2D eigenvalue weighted by Crippen LogP contribution is 2.38. The second-order valence-corrected chi connectivity index (χ2v) is 5.10. The fraction of sp³-hybridized carbons (Fsp3) is 0.333. The average Bonchev–Trinajstić information content (AvgIpc) is 2.46. The SMILES string of the molecule is CCOC(=O)C1=C(C)NC(=S)N[C@@H]1c1cccc(OC)c1O. The summed E-state index contributed by atoms with van der Waals surface area (Å²) in [5.41, 5.74) is 1.46. The normalized spacial score (nSPS) is 17.6. The summed E-state index contributed by atoms with van der Waals surface area (Å²) in [5.74, 6) is -0.180. The fourth-order valence-electron chi connectivity index (χ4n) is 2.34. The minimum Gasteiger partial charge on any atom is -0.504 e. The quantitative estimate of drug-likeness (QED) is 0.576. The molecule has 0 amide bonds. The molecule has 22 heavy (non-hydrogen) atoms. The van der Waals surface area contributed by atoms with Gasteiger partial charge in [-0.3, -0.25) is 0 Å². The molecular weight excluding hydrogens is 304 g/mol. The van der Waals surface area contributed by atoms with Crippen LogP contribution in [-0.2, 0) is 9.53 Å². The van der Waals surface area contributed by atoms with Crippen LogP contribution in [0.1, 0.15) is 25.5 Å². The lowest BCUT2D eigenvalue weighted by Crippen LogP contribution is -2.45. The fourth-order valence-corrected chi connectivity index (χ4v) is 2.61. The van der Waals surface area contributed by atoms with Crippen LogP contribution in [0.15, 0.2) is 29.5 Å². The number of thiocarbonyl (C=S) groups is 1. The third-order valence-electron chi connectivity index (χ3n) is 3.33. The number of carbonyl (C=O) groups is 1. The van der Waals surface area contributed by atoms with Crippen molar-refractivity contribution in [2.24, 2.45) is 0 Å². The summed E-state index contributed by atoms with van der Waals surface area (Å²) in [5, 5.41) is 16.6. The van der Waals surface area contributed by atoms with Crippen molar-refractivity contribution in [3.05, 3.63) is 35.0 Å². The Kier molecular flexibility index (Phi) is 4.87. The zero-order valence-corrected chi connectivity index (χ0v) is 13.4. The Morgan fingerprint density at radius 1 is 1.45 bits per heavy atom. The summed E-state index contributed by atoms with van der Waals surface area (Å²) in [6, 6.07) is 4.47. The van der Waals surface area contributed by atoms with E-state index in [1.807, 2.05) is 0 Å². The summed E-state index contributed by atoms with van der Waals surface area (Å²) in [7, 11) is 1.46. The van der Waals surface area contributed by atoms with E-state index < -0.39 is 12.0 Å². The van der Waals surface area contributed by atoms with Crippen LogP contribution in [0.2, 0.25) is 0 Å². The molecule has 1 aromatic rings. The highest BCUT2D eigenvalue weighted by Gasteiger charge is 2.33. The summed E-state index contributed by atoms with van der Waals surface area (Å²) in [4.78, 5) is 12.2. The third kappa shape index (κ3) is 2.99. The molecule has 0 radical (unpaired) electrons. The van der Waals surface area contributed by atoms with E-state index in [0.717, 1.165) is 0 Å². The number of benzene rings is 1. The van der Waals surface area contributed by atoms with Gasteiger partial charge in [0.2, 0.25) is 0 Å². The summed E-state index contributed by atoms with van der Waals surface area (Å²) in [6.45, 7) is 3.74. The van der Waals surface area contributed by atoms with E-state index in [4.69, 9.17) is 21.7 Å². The third-order valence-corrected chi connectivity index (χ3v) is 3.55. The lowest BCUT2D eigenvalue weighted by Gasteiger charge is -2.30. The topological polar surface area (TPSA) is 79.8 Å². The van der Waals surface area contributed by atoms with Gasteiger partial charge < -0.3 is 25.2 Å². The van der Waals surface area contributed by atoms with E-state index in [9.17, 15) is 9.90 Å². The maximum atomic E-state index is 12.2. The molecule has 0 saturated carbocycles. The zero-order chi connectivity index (χ0) is 16.3. The molecule has 0 aromatic heterocycles. The molecule has 1 atom stereocenters. The first-order valence-electron chi connectivity index (χ1n) is 6.80. The van der Waals surface area contributed by atoms with E-state index in [0.29, 0.717) is 27.7 Å². The summed E-state index contributed by atoms with van der Waals surface area (Å²) >= 11 is 5.15. The van der Waals surface area contributed by atoms with Gasteiger partial charge in [0.25, 0.3) is 0 Å². The van der Waals surface area contributed by atoms with Gasteiger partial charge in [0.15, 0.2) is 16.6 Å². The molecule has 1 heterocycles. The highest BCUT2D eigenvalue weighted by molar-refractivity contribution is 7.80. The van der Waals surface area contributed by atoms with Crippen LogP contribution >= 0.6 is 12.2 Å². The first kappa shape index (κ1) is 16.1. The van der Waals surface area contributed by atoms with Crippen molar-refractivity contribution in [2.75, 3.05) is 13.7 Å². The molecule has 1 aliphatic heterocycles. The predicted octanol–water partition coefficient (Wildman–Crippen LogP) is 1.76. The molecule has 118 valence electrons. The van der Waals surface area contributed by atoms with E-state index in [-0.39, 0.29) is 12.4 Å². The maximum absolute atomic E-state index is 12.2. The van der Waals surface area contributed by atoms with E-state index in [1.54, 1.807) is 32.0 Å². The molecule has 0 unspecified atom stereocenters. The average molecular weight is 322 g/mol. The molecule has 6 nitrogen and oxygen atoms in total. The van der Waals surface area contributed by atoms with Crippen LogP contribution in [-0.4, -0.2) is 29.9 Å². The molecule has 0 bridgehead atoms. The number of ether oxygens (including phenoxy) is 2. The summed E-state index contributed by atoms with van der Waals surface area (Å²) < 4.78 is 10.2. The molecule has 1 aromatic carbocycles. The van der Waals surface area contributed by atoms with Crippen LogP contribution in [0.3, 0.4) is 0 Å². The number of allylic oxidation sites excluding steroid dienone is 1. The van der Waals surface area contributed by atoms with Gasteiger partial charge in [0, 0.05) is 11.3 Å². The first-order chi connectivity index (χ1) is 10.5. The van der Waals surface area contributed by atoms with Crippen LogP contribution in [0.5, 0.6) is 11.5 Å². The molecule has 3 N–H and O–H groups in total. The number of phenolic OH excluding ortho intramolecular Hbond substituents is 1. The molecule has 0 spiro atoms. The van der Waals surface area contributed by atoms with Crippen LogP contribution in [0, 0.1) is 0 Å². The maximum Gasteiger partial charge on any atom is 0.338 e. The van der Waals surface area contributed by atoms with E-state index in [2.05, 4.69) is 10.6 Å². The highest BCUT2D eigenvalue weighted by atomic mass is 32.1. The molecular formula is C15H18N2O4S. The second-order valence-electron chi connectivity index (χ2n) is 4.69. The van der Waals surface area contributed by atoms with Gasteiger partial charge >= 0.3 is 5.97 Å². The van der Waals surface area contributed by atoms with Crippen molar-refractivity contribution in [3.63, 3.8) is 0 Å². The molecule has 7 heteroatoms. The number of hydrogen-bond donors (Lipinski definition) is 3. The molecule has 0 aliphatic carbocycles. The van der Waals surface area contributed by atoms with Crippen LogP contribution in [0.25, 0.3) is 0 Å². The number of aromatic hydroxyl groups is 1. The van der Waals surface area contributed by atoms with Crippen molar-refractivity contribution in [1.82, 2.24) is 10.6 Å². The number of carbonyl (C=O) groups excluding carboxylic acids is 1. The summed E-state index contributed by atoms with van der Waals surface area (Å²) in [6.07, 6.45) is 0. The number of esters is 1. The Labute approximate surface area is 134 Å².